The smallest absolute Gasteiger partial charge is 0.234 e. The molecule has 0 radical (unpaired) electrons. The Morgan fingerprint density at radius 2 is 1.79 bits per heavy atom. The van der Waals surface area contributed by atoms with Crippen LogP contribution in [0.15, 0.2) is 0 Å². The number of nitrogens with zero attached hydrogens (tertiary/aromatic N) is 1. The minimum absolute atomic E-state index is 0.197. The number of carbonyl (C=O) groups excluding carboxylic acids is 1. The Kier molecular flexibility index (Phi) is 7.44. The quantitative estimate of drug-likeness (QED) is 0.651. The second kappa shape index (κ2) is 8.57. The largest absolute Gasteiger partial charge is 0.354 e. The number of amides is 1. The zero-order valence-electron chi connectivity index (χ0n) is 13.1. The maximum absolute atomic E-state index is 11.6. The van der Waals surface area contributed by atoms with Gasteiger partial charge in [0.25, 0.3) is 0 Å². The third-order valence-corrected chi connectivity index (χ3v) is 4.44. The molecule has 0 aliphatic carbocycles. The number of piperazine rings is 1. The van der Waals surface area contributed by atoms with Crippen molar-refractivity contribution in [3.05, 3.63) is 0 Å². The molecule has 0 spiro atoms. The second-order valence-electron chi connectivity index (χ2n) is 6.18. The second-order valence-corrected chi connectivity index (χ2v) is 6.18. The van der Waals surface area contributed by atoms with Crippen molar-refractivity contribution in [2.75, 3.05) is 19.6 Å². The highest BCUT2D eigenvalue weighted by Crippen LogP contribution is 2.29. The fourth-order valence-corrected chi connectivity index (χ4v) is 3.03. The Labute approximate surface area is 119 Å². The van der Waals surface area contributed by atoms with E-state index < -0.39 is 0 Å². The van der Waals surface area contributed by atoms with Gasteiger partial charge in [-0.3, -0.25) is 9.69 Å². The molecule has 0 aromatic carbocycles. The SMILES string of the molecule is CCCCCCC(C)(CCCC)N1CCNC(=O)C1. The van der Waals surface area contributed by atoms with Gasteiger partial charge >= 0.3 is 0 Å². The maximum Gasteiger partial charge on any atom is 0.234 e. The van der Waals surface area contributed by atoms with E-state index in [0.29, 0.717) is 6.54 Å². The standard InChI is InChI=1S/C16H32N2O/c1-4-6-8-9-11-16(3,10-7-5-2)18-13-12-17-15(19)14-18/h4-14H2,1-3H3,(H,17,19). The first-order chi connectivity index (χ1) is 9.12. The first kappa shape index (κ1) is 16.5. The summed E-state index contributed by atoms with van der Waals surface area (Å²) < 4.78 is 0. The molecule has 1 aliphatic rings. The van der Waals surface area contributed by atoms with Crippen LogP contribution in [0.3, 0.4) is 0 Å². The molecule has 0 aromatic rings. The molecular weight excluding hydrogens is 236 g/mol. The van der Waals surface area contributed by atoms with Crippen LogP contribution in [0.25, 0.3) is 0 Å². The Bertz CT molecular complexity index is 267. The van der Waals surface area contributed by atoms with Crippen LogP contribution in [-0.2, 0) is 4.79 Å². The van der Waals surface area contributed by atoms with Gasteiger partial charge in [0.2, 0.25) is 5.91 Å². The molecule has 3 nitrogen and oxygen atoms in total. The van der Waals surface area contributed by atoms with Crippen LogP contribution in [0, 0.1) is 0 Å². The minimum atomic E-state index is 0.197. The number of unbranched alkanes of at least 4 members (excludes halogenated alkanes) is 4. The van der Waals surface area contributed by atoms with Crippen LogP contribution in [-0.4, -0.2) is 36.0 Å². The normalized spacial score (nSPS) is 20.1. The van der Waals surface area contributed by atoms with Crippen LogP contribution < -0.4 is 5.32 Å². The first-order valence-corrected chi connectivity index (χ1v) is 8.14. The molecule has 0 aromatic heterocycles. The molecule has 1 unspecified atom stereocenters. The third-order valence-electron chi connectivity index (χ3n) is 4.44. The number of hydrogen-bond acceptors (Lipinski definition) is 2. The molecular formula is C16H32N2O. The molecule has 0 bridgehead atoms. The molecule has 112 valence electrons. The van der Waals surface area contributed by atoms with Gasteiger partial charge in [-0.1, -0.05) is 52.4 Å². The molecule has 1 saturated heterocycles. The van der Waals surface area contributed by atoms with E-state index in [0.717, 1.165) is 13.1 Å². The van der Waals surface area contributed by atoms with E-state index in [1.807, 2.05) is 0 Å². The highest BCUT2D eigenvalue weighted by atomic mass is 16.2. The summed E-state index contributed by atoms with van der Waals surface area (Å²) in [6, 6.07) is 0. The van der Waals surface area contributed by atoms with Crippen molar-refractivity contribution in [2.24, 2.45) is 0 Å². The number of hydrogen-bond donors (Lipinski definition) is 1. The zero-order valence-corrected chi connectivity index (χ0v) is 13.1. The van der Waals surface area contributed by atoms with Gasteiger partial charge in [0.05, 0.1) is 6.54 Å². The van der Waals surface area contributed by atoms with Crippen molar-refractivity contribution in [1.29, 1.82) is 0 Å². The molecule has 1 N–H and O–H groups in total. The van der Waals surface area contributed by atoms with Gasteiger partial charge in [-0.25, -0.2) is 0 Å². The van der Waals surface area contributed by atoms with Crippen LogP contribution in [0.2, 0.25) is 0 Å². The van der Waals surface area contributed by atoms with Crippen molar-refractivity contribution >= 4 is 5.91 Å². The number of rotatable bonds is 9. The van der Waals surface area contributed by atoms with Crippen molar-refractivity contribution in [3.8, 4) is 0 Å². The van der Waals surface area contributed by atoms with Crippen molar-refractivity contribution in [1.82, 2.24) is 10.2 Å². The molecule has 1 rings (SSSR count). The third kappa shape index (κ3) is 5.52. The predicted molar refractivity (Wildman–Crippen MR) is 81.3 cm³/mol. The Hall–Kier alpha value is -0.570. The molecule has 1 atom stereocenters. The van der Waals surface area contributed by atoms with Crippen molar-refractivity contribution < 1.29 is 4.79 Å². The minimum Gasteiger partial charge on any atom is -0.354 e. The Balaban J connectivity index is 2.54. The summed E-state index contributed by atoms with van der Waals surface area (Å²) in [5.74, 6) is 0.197. The molecule has 19 heavy (non-hydrogen) atoms. The number of carbonyl (C=O) groups is 1. The zero-order chi connectivity index (χ0) is 14.1. The lowest BCUT2D eigenvalue weighted by atomic mass is 9.86. The average Bonchev–Trinajstić information content (AvgIpc) is 2.41. The van der Waals surface area contributed by atoms with Gasteiger partial charge in [0, 0.05) is 18.6 Å². The van der Waals surface area contributed by atoms with E-state index in [2.05, 4.69) is 31.0 Å². The number of nitrogens with one attached hydrogen (secondary N) is 1. The van der Waals surface area contributed by atoms with E-state index in [1.165, 1.54) is 51.4 Å². The van der Waals surface area contributed by atoms with E-state index in [1.54, 1.807) is 0 Å². The lowest BCUT2D eigenvalue weighted by molar-refractivity contribution is -0.126. The summed E-state index contributed by atoms with van der Waals surface area (Å²) in [5.41, 5.74) is 0.224. The maximum atomic E-state index is 11.6. The highest BCUT2D eigenvalue weighted by molar-refractivity contribution is 5.78. The average molecular weight is 268 g/mol. The van der Waals surface area contributed by atoms with Gasteiger partial charge in [-0.05, 0) is 19.8 Å². The van der Waals surface area contributed by atoms with Crippen LogP contribution in [0.1, 0.15) is 72.1 Å². The highest BCUT2D eigenvalue weighted by Gasteiger charge is 2.33. The summed E-state index contributed by atoms with van der Waals surface area (Å²) >= 11 is 0. The Morgan fingerprint density at radius 3 is 2.42 bits per heavy atom. The Morgan fingerprint density at radius 1 is 1.11 bits per heavy atom. The van der Waals surface area contributed by atoms with Crippen molar-refractivity contribution in [2.45, 2.75) is 77.7 Å². The van der Waals surface area contributed by atoms with E-state index in [9.17, 15) is 4.79 Å². The first-order valence-electron chi connectivity index (χ1n) is 8.14. The fourth-order valence-electron chi connectivity index (χ4n) is 3.03. The predicted octanol–water partition coefficient (Wildman–Crippen LogP) is 3.34. The fraction of sp³-hybridized carbons (Fsp3) is 0.938. The van der Waals surface area contributed by atoms with E-state index in [4.69, 9.17) is 0 Å². The topological polar surface area (TPSA) is 32.3 Å². The molecule has 3 heteroatoms. The summed E-state index contributed by atoms with van der Waals surface area (Å²) in [4.78, 5) is 14.0. The van der Waals surface area contributed by atoms with Crippen LogP contribution in [0.5, 0.6) is 0 Å². The molecule has 1 heterocycles. The monoisotopic (exact) mass is 268 g/mol. The van der Waals surface area contributed by atoms with Gasteiger partial charge in [0.15, 0.2) is 0 Å². The lowest BCUT2D eigenvalue weighted by Crippen LogP contribution is -2.57. The van der Waals surface area contributed by atoms with Crippen LogP contribution in [0.4, 0.5) is 0 Å². The van der Waals surface area contributed by atoms with Gasteiger partial charge < -0.3 is 5.32 Å². The van der Waals surface area contributed by atoms with E-state index >= 15 is 0 Å². The van der Waals surface area contributed by atoms with E-state index in [-0.39, 0.29) is 11.4 Å². The molecule has 1 aliphatic heterocycles. The van der Waals surface area contributed by atoms with Gasteiger partial charge in [-0.2, -0.15) is 0 Å². The summed E-state index contributed by atoms with van der Waals surface area (Å²) in [6.07, 6.45) is 10.2. The summed E-state index contributed by atoms with van der Waals surface area (Å²) in [6.45, 7) is 9.29. The summed E-state index contributed by atoms with van der Waals surface area (Å²) in [5, 5.41) is 2.94. The molecule has 1 amide bonds. The van der Waals surface area contributed by atoms with Gasteiger partial charge in [-0.15, -0.1) is 0 Å². The molecule has 1 fully saturated rings. The van der Waals surface area contributed by atoms with Gasteiger partial charge in [0.1, 0.15) is 0 Å². The lowest BCUT2D eigenvalue weighted by Gasteiger charge is -2.43. The molecule has 0 saturated carbocycles. The van der Waals surface area contributed by atoms with Crippen molar-refractivity contribution in [3.63, 3.8) is 0 Å². The van der Waals surface area contributed by atoms with Crippen LogP contribution >= 0.6 is 0 Å². The summed E-state index contributed by atoms with van der Waals surface area (Å²) in [7, 11) is 0.